The van der Waals surface area contributed by atoms with Gasteiger partial charge in [-0.25, -0.2) is 9.69 Å². The summed E-state index contributed by atoms with van der Waals surface area (Å²) >= 11 is 3.42. The topological polar surface area (TPSA) is 63.7 Å². The monoisotopic (exact) mass is 409 g/mol. The third kappa shape index (κ3) is 2.42. The van der Waals surface area contributed by atoms with Crippen molar-refractivity contribution in [2.45, 2.75) is 0 Å². The Morgan fingerprint density at radius 1 is 0.962 bits per heavy atom. The predicted octanol–water partition coefficient (Wildman–Crippen LogP) is 4.19. The van der Waals surface area contributed by atoms with Gasteiger partial charge in [0.25, 0.3) is 11.8 Å². The number of rotatable bonds is 2. The van der Waals surface area contributed by atoms with Gasteiger partial charge in [-0.2, -0.15) is 0 Å². The van der Waals surface area contributed by atoms with Gasteiger partial charge in [0.2, 0.25) is 0 Å². The number of carbonyl (C=O) groups excluding carboxylic acids is 3. The van der Waals surface area contributed by atoms with Gasteiger partial charge in [0.1, 0.15) is 0 Å². The number of benzene rings is 3. The molecule has 5 nitrogen and oxygen atoms in total. The van der Waals surface area contributed by atoms with E-state index < -0.39 is 11.9 Å². The first-order valence-electron chi connectivity index (χ1n) is 7.80. The summed E-state index contributed by atoms with van der Waals surface area (Å²) in [6.07, 6.45) is 0. The summed E-state index contributed by atoms with van der Waals surface area (Å²) in [5.74, 6) is -1.26. The molecule has 1 aliphatic rings. The van der Waals surface area contributed by atoms with Crippen molar-refractivity contribution >= 4 is 50.2 Å². The van der Waals surface area contributed by atoms with E-state index in [0.717, 1.165) is 14.8 Å². The van der Waals surface area contributed by atoms with Gasteiger partial charge in [-0.1, -0.05) is 28.1 Å². The Bertz CT molecular complexity index is 1090. The zero-order valence-corrected chi connectivity index (χ0v) is 15.2. The Kier molecular flexibility index (Phi) is 3.85. The minimum Gasteiger partial charge on any atom is -0.465 e. The summed E-state index contributed by atoms with van der Waals surface area (Å²) in [5.41, 5.74) is 1.68. The normalized spacial score (nSPS) is 13.2. The number of hydrogen-bond acceptors (Lipinski definition) is 4. The zero-order chi connectivity index (χ0) is 18.4. The summed E-state index contributed by atoms with van der Waals surface area (Å²) in [5, 5.41) is 1.49. The van der Waals surface area contributed by atoms with Crippen molar-refractivity contribution < 1.29 is 19.1 Å². The number of hydrogen-bond donors (Lipinski definition) is 0. The molecule has 0 spiro atoms. The Hall–Kier alpha value is -2.99. The summed E-state index contributed by atoms with van der Waals surface area (Å²) < 4.78 is 5.44. The van der Waals surface area contributed by atoms with Crippen LogP contribution in [-0.2, 0) is 4.74 Å². The lowest BCUT2D eigenvalue weighted by molar-refractivity contribution is 0.0600. The van der Waals surface area contributed by atoms with E-state index in [1.165, 1.54) is 19.2 Å². The Morgan fingerprint density at radius 3 is 2.35 bits per heavy atom. The van der Waals surface area contributed by atoms with Gasteiger partial charge in [-0.05, 0) is 47.9 Å². The predicted molar refractivity (Wildman–Crippen MR) is 101 cm³/mol. The number of nitrogens with zero attached hydrogens (tertiary/aromatic N) is 1. The third-order valence-corrected chi connectivity index (χ3v) is 4.81. The van der Waals surface area contributed by atoms with Gasteiger partial charge < -0.3 is 4.74 Å². The summed E-state index contributed by atoms with van der Waals surface area (Å²) in [6, 6.07) is 15.1. The molecule has 0 bridgehead atoms. The fraction of sp³-hybridized carbons (Fsp3) is 0.0500. The third-order valence-electron chi connectivity index (χ3n) is 4.36. The first kappa shape index (κ1) is 16.5. The van der Waals surface area contributed by atoms with Gasteiger partial charge in [-0.3, -0.25) is 9.59 Å². The van der Waals surface area contributed by atoms with Crippen molar-refractivity contribution in [3.63, 3.8) is 0 Å². The van der Waals surface area contributed by atoms with Gasteiger partial charge in [0.15, 0.2) is 0 Å². The number of amides is 2. The molecule has 0 atom stereocenters. The molecule has 3 aromatic rings. The molecule has 0 aromatic heterocycles. The molecule has 0 fully saturated rings. The molecule has 0 aliphatic carbocycles. The molecule has 0 radical (unpaired) electrons. The lowest BCUT2D eigenvalue weighted by Crippen LogP contribution is -2.40. The maximum absolute atomic E-state index is 13.0. The SMILES string of the molecule is COC(=O)c1ccc(N2C(=O)c3cccc4cc(Br)cc(c34)C2=O)cc1. The van der Waals surface area contributed by atoms with Crippen LogP contribution in [0, 0.1) is 0 Å². The molecule has 0 saturated heterocycles. The van der Waals surface area contributed by atoms with Crippen LogP contribution in [0.1, 0.15) is 31.1 Å². The lowest BCUT2D eigenvalue weighted by Gasteiger charge is -2.27. The molecular weight excluding hydrogens is 398 g/mol. The molecule has 0 N–H and O–H groups in total. The highest BCUT2D eigenvalue weighted by atomic mass is 79.9. The van der Waals surface area contributed by atoms with Crippen LogP contribution in [0.4, 0.5) is 5.69 Å². The van der Waals surface area contributed by atoms with Crippen molar-refractivity contribution in [2.75, 3.05) is 12.0 Å². The van der Waals surface area contributed by atoms with Crippen LogP contribution < -0.4 is 4.90 Å². The minimum absolute atomic E-state index is 0.346. The van der Waals surface area contributed by atoms with Gasteiger partial charge in [-0.15, -0.1) is 0 Å². The fourth-order valence-electron chi connectivity index (χ4n) is 3.17. The van der Waals surface area contributed by atoms with Crippen molar-refractivity contribution in [3.8, 4) is 0 Å². The smallest absolute Gasteiger partial charge is 0.337 e. The second-order valence-corrected chi connectivity index (χ2v) is 6.76. The molecule has 3 aromatic carbocycles. The number of methoxy groups -OCH3 is 1. The van der Waals surface area contributed by atoms with Gasteiger partial charge >= 0.3 is 5.97 Å². The van der Waals surface area contributed by atoms with E-state index in [-0.39, 0.29) is 5.91 Å². The second kappa shape index (κ2) is 6.07. The Balaban J connectivity index is 1.86. The van der Waals surface area contributed by atoms with Crippen molar-refractivity contribution in [1.29, 1.82) is 0 Å². The van der Waals surface area contributed by atoms with E-state index in [0.29, 0.717) is 27.8 Å². The molecule has 2 amide bonds. The average Bonchev–Trinajstić information content (AvgIpc) is 2.65. The van der Waals surface area contributed by atoms with Crippen LogP contribution in [0.3, 0.4) is 0 Å². The quantitative estimate of drug-likeness (QED) is 0.470. The Morgan fingerprint density at radius 2 is 1.65 bits per heavy atom. The van der Waals surface area contributed by atoms with E-state index in [1.54, 1.807) is 30.3 Å². The number of imide groups is 1. The van der Waals surface area contributed by atoms with Crippen LogP contribution >= 0.6 is 15.9 Å². The highest BCUT2D eigenvalue weighted by molar-refractivity contribution is 9.10. The van der Waals surface area contributed by atoms with Crippen molar-refractivity contribution in [1.82, 2.24) is 0 Å². The Labute approximate surface area is 157 Å². The number of esters is 1. The zero-order valence-electron chi connectivity index (χ0n) is 13.7. The number of ether oxygens (including phenoxy) is 1. The lowest BCUT2D eigenvalue weighted by atomic mass is 9.93. The second-order valence-electron chi connectivity index (χ2n) is 5.84. The molecule has 0 unspecified atom stereocenters. The molecular formula is C20H12BrNO4. The standard InChI is InChI=1S/C20H12BrNO4/c1-26-20(25)11-5-7-14(8-6-11)22-18(23)15-4-2-3-12-9-13(21)10-16(17(12)15)19(22)24/h2-10H,1H3. The van der Waals surface area contributed by atoms with Gasteiger partial charge in [0.05, 0.1) is 23.9 Å². The van der Waals surface area contributed by atoms with Crippen LogP contribution in [0.5, 0.6) is 0 Å². The van der Waals surface area contributed by atoms with Crippen molar-refractivity contribution in [2.24, 2.45) is 0 Å². The van der Waals surface area contributed by atoms with E-state index in [4.69, 9.17) is 0 Å². The van der Waals surface area contributed by atoms with Crippen LogP contribution in [0.25, 0.3) is 10.8 Å². The largest absolute Gasteiger partial charge is 0.465 e. The number of halogens is 1. The molecule has 0 saturated carbocycles. The summed E-state index contributed by atoms with van der Waals surface area (Å²) in [4.78, 5) is 38.7. The highest BCUT2D eigenvalue weighted by Crippen LogP contribution is 2.34. The maximum atomic E-state index is 13.0. The van der Waals surface area contributed by atoms with E-state index >= 15 is 0 Å². The van der Waals surface area contributed by atoms with E-state index in [2.05, 4.69) is 20.7 Å². The van der Waals surface area contributed by atoms with Crippen LogP contribution in [0.2, 0.25) is 0 Å². The fourth-order valence-corrected chi connectivity index (χ4v) is 3.65. The van der Waals surface area contributed by atoms with Gasteiger partial charge in [0, 0.05) is 15.4 Å². The van der Waals surface area contributed by atoms with Crippen LogP contribution in [-0.4, -0.2) is 24.9 Å². The molecule has 1 heterocycles. The summed E-state index contributed by atoms with van der Waals surface area (Å²) in [6.45, 7) is 0. The molecule has 26 heavy (non-hydrogen) atoms. The minimum atomic E-state index is -0.480. The number of anilines is 1. The summed E-state index contributed by atoms with van der Waals surface area (Å²) in [7, 11) is 1.30. The molecule has 6 heteroatoms. The highest BCUT2D eigenvalue weighted by Gasteiger charge is 2.34. The first-order chi connectivity index (χ1) is 12.5. The van der Waals surface area contributed by atoms with E-state index in [9.17, 15) is 14.4 Å². The average molecular weight is 410 g/mol. The maximum Gasteiger partial charge on any atom is 0.337 e. The number of carbonyl (C=O) groups is 3. The molecule has 128 valence electrons. The first-order valence-corrected chi connectivity index (χ1v) is 8.60. The molecule has 4 rings (SSSR count). The van der Waals surface area contributed by atoms with E-state index in [1.807, 2.05) is 12.1 Å². The molecule has 1 aliphatic heterocycles. The van der Waals surface area contributed by atoms with Crippen molar-refractivity contribution in [3.05, 3.63) is 75.8 Å². The van der Waals surface area contributed by atoms with Crippen LogP contribution in [0.15, 0.2) is 59.1 Å².